The third-order valence-corrected chi connectivity index (χ3v) is 3.58. The molecule has 2 aromatic rings. The minimum atomic E-state index is 0.483. The third kappa shape index (κ3) is 4.89. The molecule has 0 saturated carbocycles. The van der Waals surface area contributed by atoms with E-state index in [0.29, 0.717) is 13.2 Å². The van der Waals surface area contributed by atoms with E-state index in [9.17, 15) is 0 Å². The highest BCUT2D eigenvalue weighted by Crippen LogP contribution is 2.25. The van der Waals surface area contributed by atoms with Crippen LogP contribution in [0.5, 0.6) is 17.2 Å². The van der Waals surface area contributed by atoms with Gasteiger partial charge in [-0.2, -0.15) is 0 Å². The summed E-state index contributed by atoms with van der Waals surface area (Å²) in [7, 11) is 3.57. The number of benzene rings is 2. The lowest BCUT2D eigenvalue weighted by atomic mass is 10.1. The second-order valence-corrected chi connectivity index (χ2v) is 5.47. The van der Waals surface area contributed by atoms with Crippen LogP contribution in [0.4, 0.5) is 0 Å². The Bertz CT molecular complexity index is 641. The Kier molecular flexibility index (Phi) is 6.29. The van der Waals surface area contributed by atoms with Gasteiger partial charge < -0.3 is 19.5 Å². The zero-order chi connectivity index (χ0) is 16.7. The van der Waals surface area contributed by atoms with E-state index in [-0.39, 0.29) is 0 Å². The molecule has 0 amide bonds. The van der Waals surface area contributed by atoms with E-state index in [4.69, 9.17) is 14.2 Å². The minimum Gasteiger partial charge on any atom is -0.497 e. The van der Waals surface area contributed by atoms with Gasteiger partial charge in [-0.1, -0.05) is 18.2 Å². The van der Waals surface area contributed by atoms with E-state index >= 15 is 0 Å². The Labute approximate surface area is 138 Å². The molecule has 1 N–H and O–H groups in total. The highest BCUT2D eigenvalue weighted by atomic mass is 16.5. The summed E-state index contributed by atoms with van der Waals surface area (Å²) in [5.41, 5.74) is 3.42. The molecule has 4 heteroatoms. The number of nitrogens with one attached hydrogen (secondary N) is 1. The Morgan fingerprint density at radius 1 is 0.913 bits per heavy atom. The molecule has 4 nitrogen and oxygen atoms in total. The van der Waals surface area contributed by atoms with Crippen molar-refractivity contribution >= 4 is 0 Å². The second kappa shape index (κ2) is 8.44. The van der Waals surface area contributed by atoms with Gasteiger partial charge in [-0.25, -0.2) is 0 Å². The van der Waals surface area contributed by atoms with Crippen molar-refractivity contribution < 1.29 is 14.2 Å². The van der Waals surface area contributed by atoms with Crippen LogP contribution < -0.4 is 19.5 Å². The van der Waals surface area contributed by atoms with Crippen molar-refractivity contribution in [2.24, 2.45) is 0 Å². The Morgan fingerprint density at radius 3 is 2.35 bits per heavy atom. The topological polar surface area (TPSA) is 39.7 Å². The predicted molar refractivity (Wildman–Crippen MR) is 92.7 cm³/mol. The summed E-state index contributed by atoms with van der Waals surface area (Å²) in [5.74, 6) is 2.52. The number of hydrogen-bond acceptors (Lipinski definition) is 4. The first-order valence-electron chi connectivity index (χ1n) is 7.78. The Hall–Kier alpha value is -2.20. The third-order valence-electron chi connectivity index (χ3n) is 3.58. The van der Waals surface area contributed by atoms with Crippen LogP contribution in [0.2, 0.25) is 0 Å². The molecule has 23 heavy (non-hydrogen) atoms. The minimum absolute atomic E-state index is 0.483. The first-order valence-corrected chi connectivity index (χ1v) is 7.78. The summed E-state index contributed by atoms with van der Waals surface area (Å²) in [5, 5.41) is 3.14. The number of ether oxygens (including phenoxy) is 3. The molecule has 0 aliphatic carbocycles. The summed E-state index contributed by atoms with van der Waals surface area (Å²) >= 11 is 0. The molecule has 0 saturated heterocycles. The first kappa shape index (κ1) is 17.2. The first-order chi connectivity index (χ1) is 11.1. The van der Waals surface area contributed by atoms with Crippen LogP contribution in [0.25, 0.3) is 0 Å². The van der Waals surface area contributed by atoms with Crippen molar-refractivity contribution in [2.45, 2.75) is 20.4 Å². The van der Waals surface area contributed by atoms with Crippen LogP contribution in [0.1, 0.15) is 16.7 Å². The van der Waals surface area contributed by atoms with E-state index in [1.165, 1.54) is 5.56 Å². The van der Waals surface area contributed by atoms with Gasteiger partial charge in [0.2, 0.25) is 0 Å². The van der Waals surface area contributed by atoms with Gasteiger partial charge in [-0.05, 0) is 44.2 Å². The van der Waals surface area contributed by atoms with E-state index in [0.717, 1.165) is 34.9 Å². The molecule has 0 fully saturated rings. The van der Waals surface area contributed by atoms with Crippen molar-refractivity contribution in [3.63, 3.8) is 0 Å². The molecule has 0 atom stereocenters. The van der Waals surface area contributed by atoms with Crippen molar-refractivity contribution in [3.05, 3.63) is 53.1 Å². The average Bonchev–Trinajstić information content (AvgIpc) is 2.56. The summed E-state index contributed by atoms with van der Waals surface area (Å²) in [4.78, 5) is 0. The molecule has 0 aliphatic rings. The molecule has 124 valence electrons. The van der Waals surface area contributed by atoms with E-state index < -0.39 is 0 Å². The lowest BCUT2D eigenvalue weighted by molar-refractivity contribution is 0.214. The SMILES string of the molecule is CNCc1ccc(OC)cc1OCCOc1cc(C)ccc1C. The standard InChI is InChI=1S/C19H25NO3/c1-14-5-6-15(2)18(11-14)22-9-10-23-19-12-17(21-4)8-7-16(19)13-20-3/h5-8,11-12,20H,9-10,13H2,1-4H3. The highest BCUT2D eigenvalue weighted by Gasteiger charge is 2.06. The van der Waals surface area contributed by atoms with Crippen molar-refractivity contribution in [3.8, 4) is 17.2 Å². The molecule has 0 unspecified atom stereocenters. The van der Waals surface area contributed by atoms with E-state index in [1.807, 2.05) is 38.2 Å². The van der Waals surface area contributed by atoms with Gasteiger partial charge in [0.05, 0.1) is 7.11 Å². The molecule has 0 heterocycles. The molecule has 0 spiro atoms. The number of hydrogen-bond donors (Lipinski definition) is 1. The molecular formula is C19H25NO3. The second-order valence-electron chi connectivity index (χ2n) is 5.47. The van der Waals surface area contributed by atoms with Crippen LogP contribution >= 0.6 is 0 Å². The summed E-state index contributed by atoms with van der Waals surface area (Å²) in [6.07, 6.45) is 0. The molecule has 0 radical (unpaired) electrons. The van der Waals surface area contributed by atoms with Crippen LogP contribution in [0.3, 0.4) is 0 Å². The van der Waals surface area contributed by atoms with Crippen LogP contribution in [0.15, 0.2) is 36.4 Å². The fraction of sp³-hybridized carbons (Fsp3) is 0.368. The highest BCUT2D eigenvalue weighted by molar-refractivity contribution is 5.40. The molecular weight excluding hydrogens is 290 g/mol. The van der Waals surface area contributed by atoms with Gasteiger partial charge in [0.15, 0.2) is 0 Å². The van der Waals surface area contributed by atoms with Gasteiger partial charge in [0, 0.05) is 18.2 Å². The fourth-order valence-electron chi connectivity index (χ4n) is 2.30. The molecule has 2 aromatic carbocycles. The monoisotopic (exact) mass is 315 g/mol. The molecule has 0 aliphatic heterocycles. The normalized spacial score (nSPS) is 10.4. The zero-order valence-electron chi connectivity index (χ0n) is 14.3. The lowest BCUT2D eigenvalue weighted by Crippen LogP contribution is -2.12. The zero-order valence-corrected chi connectivity index (χ0v) is 14.3. The van der Waals surface area contributed by atoms with Crippen LogP contribution in [-0.2, 0) is 6.54 Å². The number of rotatable bonds is 8. The number of methoxy groups -OCH3 is 1. The van der Waals surface area contributed by atoms with Crippen LogP contribution in [0, 0.1) is 13.8 Å². The molecule has 0 aromatic heterocycles. The average molecular weight is 315 g/mol. The fourth-order valence-corrected chi connectivity index (χ4v) is 2.30. The van der Waals surface area contributed by atoms with Crippen molar-refractivity contribution in [1.29, 1.82) is 0 Å². The van der Waals surface area contributed by atoms with Gasteiger partial charge in [0.25, 0.3) is 0 Å². The van der Waals surface area contributed by atoms with Crippen molar-refractivity contribution in [2.75, 3.05) is 27.4 Å². The van der Waals surface area contributed by atoms with Crippen LogP contribution in [-0.4, -0.2) is 27.4 Å². The van der Waals surface area contributed by atoms with E-state index in [1.54, 1.807) is 7.11 Å². The predicted octanol–water partition coefficient (Wildman–Crippen LogP) is 3.49. The molecule has 0 bridgehead atoms. The van der Waals surface area contributed by atoms with Gasteiger partial charge in [-0.3, -0.25) is 0 Å². The Morgan fingerprint density at radius 2 is 1.65 bits per heavy atom. The summed E-state index contributed by atoms with van der Waals surface area (Å²) in [6.45, 7) is 5.83. The van der Waals surface area contributed by atoms with Gasteiger partial charge in [-0.15, -0.1) is 0 Å². The van der Waals surface area contributed by atoms with Crippen molar-refractivity contribution in [1.82, 2.24) is 5.32 Å². The van der Waals surface area contributed by atoms with Gasteiger partial charge in [0.1, 0.15) is 30.5 Å². The Balaban J connectivity index is 1.94. The maximum absolute atomic E-state index is 5.88. The largest absolute Gasteiger partial charge is 0.497 e. The van der Waals surface area contributed by atoms with E-state index in [2.05, 4.69) is 24.4 Å². The maximum atomic E-state index is 5.88. The maximum Gasteiger partial charge on any atom is 0.127 e. The summed E-state index contributed by atoms with van der Waals surface area (Å²) < 4.78 is 17.0. The lowest BCUT2D eigenvalue weighted by Gasteiger charge is -2.14. The summed E-state index contributed by atoms with van der Waals surface area (Å²) in [6, 6.07) is 12.1. The quantitative estimate of drug-likeness (QED) is 0.757. The molecule has 2 rings (SSSR count). The number of aryl methyl sites for hydroxylation is 2. The smallest absolute Gasteiger partial charge is 0.127 e. The van der Waals surface area contributed by atoms with Gasteiger partial charge >= 0.3 is 0 Å².